The van der Waals surface area contributed by atoms with Crippen molar-refractivity contribution in [1.82, 2.24) is 0 Å². The fraction of sp³-hybridized carbons (Fsp3) is 0.328. The summed E-state index contributed by atoms with van der Waals surface area (Å²) in [7, 11) is 15.4. The highest BCUT2D eigenvalue weighted by Crippen LogP contribution is 2.54. The Hall–Kier alpha value is -12.8. The third kappa shape index (κ3) is 16.5. The van der Waals surface area contributed by atoms with Crippen LogP contribution < -0.4 is 57.5 Å². The van der Waals surface area contributed by atoms with Crippen LogP contribution in [0.5, 0.6) is 0 Å². The minimum Gasteiger partial charge on any atom is -0.353 e. The molecule has 11 aromatic carbocycles. The molecule has 668 valence electrons. The lowest BCUT2D eigenvalue weighted by Crippen LogP contribution is -2.49. The second-order valence-electron chi connectivity index (χ2n) is 40.4. The summed E-state index contributed by atoms with van der Waals surface area (Å²) in [6.07, 6.45) is 18.1. The number of rotatable bonds is 10. The van der Waals surface area contributed by atoms with E-state index in [1.165, 1.54) is 248 Å². The largest absolute Gasteiger partial charge is 0.353 e. The highest BCUT2D eigenvalue weighted by Gasteiger charge is 2.44. The van der Waals surface area contributed by atoms with Gasteiger partial charge in [-0.2, -0.15) is 4.57 Å². The Bertz CT molecular complexity index is 6860. The van der Waals surface area contributed by atoms with Crippen LogP contribution in [0.2, 0.25) is 0 Å². The molecule has 12 heteroatoms. The highest BCUT2D eigenvalue weighted by molar-refractivity contribution is 5.98. The zero-order valence-corrected chi connectivity index (χ0v) is 81.8. The number of nitrogens with zero attached hydrogens (tertiary/aromatic N) is 12. The Labute approximate surface area is 780 Å². The van der Waals surface area contributed by atoms with E-state index in [2.05, 4.69) is 484 Å². The molecule has 21 rings (SSSR count). The zero-order chi connectivity index (χ0) is 91.9. The van der Waals surface area contributed by atoms with Crippen LogP contribution in [0.3, 0.4) is 0 Å². The van der Waals surface area contributed by atoms with E-state index in [1.807, 2.05) is 0 Å². The van der Waals surface area contributed by atoms with Crippen LogP contribution >= 0.6 is 0 Å². The predicted octanol–water partition coefficient (Wildman–Crippen LogP) is 27.1. The van der Waals surface area contributed by atoms with Crippen molar-refractivity contribution in [1.29, 1.82) is 0 Å². The molecule has 131 heavy (non-hydrogen) atoms. The van der Waals surface area contributed by atoms with Gasteiger partial charge in [-0.1, -0.05) is 161 Å². The van der Waals surface area contributed by atoms with Crippen LogP contribution in [0.15, 0.2) is 273 Å². The Kier molecular flexibility index (Phi) is 24.3. The van der Waals surface area contributed by atoms with E-state index in [0.29, 0.717) is 5.92 Å². The van der Waals surface area contributed by atoms with Gasteiger partial charge in [0.25, 0.3) is 5.82 Å². The fourth-order valence-electron chi connectivity index (χ4n) is 22.6. The van der Waals surface area contributed by atoms with E-state index in [9.17, 15) is 0 Å². The molecule has 6 aliphatic rings. The molecule has 4 aliphatic heterocycles. The molecule has 1 fully saturated rings. The number of fused-ring (bicyclic) bond motifs is 8. The van der Waals surface area contributed by atoms with Crippen molar-refractivity contribution < 1.29 is 18.3 Å². The SMILES string of the molecule is Cc1c(-c2c3ccccc3cc[n+]2C)cc2c(c1N1c3ccccc3N(C)[C@H]1C)CCCC2.Cc1c(-c2ccc3ccccc3[n+]2C)cc(CC(C)(C)C)cc1N1c2ccccc2N(C)[C@H]1C.Cc1cc(-c2cc3ccccc3c[n+]2C)c(C)c(N2c3ccccc3N(C(C)(C)C)[C@H]2C)c1.Cc1ccccc1-c1cc(C2CCCCC2)cc(N2c3ccccc3N(C)[C@H]2C)[n+]1C. The minimum absolute atomic E-state index is 0.0234. The van der Waals surface area contributed by atoms with Gasteiger partial charge in [-0.25, -0.2) is 18.6 Å². The third-order valence-corrected chi connectivity index (χ3v) is 29.6. The van der Waals surface area contributed by atoms with Crippen LogP contribution in [0.1, 0.15) is 170 Å². The lowest BCUT2D eigenvalue weighted by atomic mass is 9.83. The second-order valence-corrected chi connectivity index (χ2v) is 40.4. The fourth-order valence-corrected chi connectivity index (χ4v) is 22.6. The van der Waals surface area contributed by atoms with Gasteiger partial charge in [-0.05, 0) is 309 Å². The van der Waals surface area contributed by atoms with E-state index in [4.69, 9.17) is 0 Å². The van der Waals surface area contributed by atoms with Crippen LogP contribution in [0, 0.1) is 40.0 Å². The van der Waals surface area contributed by atoms with Crippen molar-refractivity contribution in [3.05, 3.63) is 323 Å². The van der Waals surface area contributed by atoms with Gasteiger partial charge in [-0.3, -0.25) is 0 Å². The summed E-state index contributed by atoms with van der Waals surface area (Å²) in [6.45, 7) is 34.5. The maximum absolute atomic E-state index is 2.60. The molecule has 0 unspecified atom stereocenters. The standard InChI is InChI=1S/C31H36N3.C30H32N3.C30H34N3.C28H34N3/c1-21-25(27-17-16-24-12-8-9-13-26(24)33(27)7)18-23(20-31(3,4)5)19-30(21)34-22(2)32(6)28-14-10-11-15-29(28)34;1-20-26(30-24-13-7-5-11-22(24)17-18-31(30)3)19-23-12-6-8-14-25(23)29(20)33-21(2)32(4)27-15-9-10-16-28(27)33;1-20-16-25(29-18-23-12-8-9-13-24(23)19-31(29)7)21(2)28(17-20)32-22(3)33(30(4,5)6)27-15-11-10-14-26(27)32;1-20-12-8-9-15-24(20)27-18-23(22-13-6-5-7-14-22)19-28(30(27)4)31-21(2)29(3)25-16-10-11-17-26(25)31/h8-19,22H,20H2,1-7H3;5,7,9-11,13,15-19,21H,6,8,12,14H2,1-4H3;8-19,22H,1-7H3;8-12,15-19,21-22H,5-7,13-14H2,1-4H3/q4*+1/t22-;21-;22-;21-/m1101/s1. The summed E-state index contributed by atoms with van der Waals surface area (Å²) in [6, 6.07) is 96.1. The van der Waals surface area contributed by atoms with Crippen molar-refractivity contribution in [3.63, 3.8) is 0 Å². The molecule has 0 saturated heterocycles. The lowest BCUT2D eigenvalue weighted by Gasteiger charge is -2.40. The molecule has 0 bridgehead atoms. The molecule has 15 aromatic rings. The maximum Gasteiger partial charge on any atom is 0.284 e. The van der Waals surface area contributed by atoms with Gasteiger partial charge in [0.1, 0.15) is 45.3 Å². The highest BCUT2D eigenvalue weighted by atomic mass is 15.5. The van der Waals surface area contributed by atoms with Crippen LogP contribution in [0.4, 0.5) is 68.4 Å². The summed E-state index contributed by atoms with van der Waals surface area (Å²) < 4.78 is 9.31. The molecule has 2 aliphatic carbocycles. The molecule has 4 aromatic heterocycles. The molecular weight excluding hydrogens is 1600 g/mol. The number of para-hydroxylation sites is 9. The molecule has 8 heterocycles. The van der Waals surface area contributed by atoms with E-state index in [1.54, 1.807) is 5.56 Å². The first-order chi connectivity index (χ1) is 62.9. The zero-order valence-electron chi connectivity index (χ0n) is 81.8. The normalized spacial score (nSPS) is 17.0. The van der Waals surface area contributed by atoms with Gasteiger partial charge < -0.3 is 34.3 Å². The maximum atomic E-state index is 2.60. The third-order valence-electron chi connectivity index (χ3n) is 29.6. The van der Waals surface area contributed by atoms with Crippen molar-refractivity contribution in [3.8, 4) is 45.0 Å². The Morgan fingerprint density at radius 1 is 0.366 bits per heavy atom. The van der Waals surface area contributed by atoms with Gasteiger partial charge in [0.15, 0.2) is 24.2 Å². The number of hydrogen-bond donors (Lipinski definition) is 0. The average Bonchev–Trinajstić information content (AvgIpc) is 1.56. The monoisotopic (exact) mass is 1730 g/mol. The first-order valence-electron chi connectivity index (χ1n) is 48.1. The summed E-state index contributed by atoms with van der Waals surface area (Å²) in [4.78, 5) is 19.9. The van der Waals surface area contributed by atoms with Gasteiger partial charge in [0.05, 0.1) is 74.6 Å². The molecule has 0 amide bonds. The van der Waals surface area contributed by atoms with Gasteiger partial charge in [-0.15, -0.1) is 0 Å². The molecule has 4 atom stereocenters. The first kappa shape index (κ1) is 88.8. The van der Waals surface area contributed by atoms with Crippen LogP contribution in [0.25, 0.3) is 77.5 Å². The number of aromatic nitrogens is 4. The quantitative estimate of drug-likeness (QED) is 0.126. The molecule has 0 spiro atoms. The van der Waals surface area contributed by atoms with Gasteiger partial charge in [0.2, 0.25) is 22.6 Å². The topological polar surface area (TPSA) is 41.4 Å². The Balaban J connectivity index is 0.000000117. The van der Waals surface area contributed by atoms with Gasteiger partial charge >= 0.3 is 0 Å². The van der Waals surface area contributed by atoms with Crippen molar-refractivity contribution in [2.75, 3.05) is 60.3 Å². The average molecular weight is 1730 g/mol. The minimum atomic E-state index is 0.0234. The number of anilines is 12. The first-order valence-corrected chi connectivity index (χ1v) is 48.1. The van der Waals surface area contributed by atoms with Crippen LogP contribution in [-0.2, 0) is 47.5 Å². The van der Waals surface area contributed by atoms with Crippen LogP contribution in [-0.4, -0.2) is 51.3 Å². The number of benzene rings is 11. The summed E-state index contributed by atoms with van der Waals surface area (Å²) in [5, 5.41) is 6.41. The van der Waals surface area contributed by atoms with E-state index >= 15 is 0 Å². The number of pyridine rings is 4. The Morgan fingerprint density at radius 3 is 1.53 bits per heavy atom. The smallest absolute Gasteiger partial charge is 0.284 e. The summed E-state index contributed by atoms with van der Waals surface area (Å²) in [5.41, 5.74) is 38.9. The molecule has 0 N–H and O–H groups in total. The van der Waals surface area contributed by atoms with E-state index < -0.39 is 0 Å². The summed E-state index contributed by atoms with van der Waals surface area (Å²) in [5.74, 6) is 1.95. The molecule has 12 nitrogen and oxygen atoms in total. The van der Waals surface area contributed by atoms with E-state index in [-0.39, 0.29) is 35.6 Å². The number of hydrogen-bond acceptors (Lipinski definition) is 8. The van der Waals surface area contributed by atoms with Crippen molar-refractivity contribution in [2.24, 2.45) is 33.6 Å². The second kappa shape index (κ2) is 35.8. The van der Waals surface area contributed by atoms with E-state index in [0.717, 1.165) is 6.42 Å². The number of aryl methyl sites for hydroxylation is 6. The summed E-state index contributed by atoms with van der Waals surface area (Å²) >= 11 is 0. The lowest BCUT2D eigenvalue weighted by molar-refractivity contribution is -0.659. The van der Waals surface area contributed by atoms with Crippen molar-refractivity contribution in [2.45, 2.75) is 204 Å². The predicted molar refractivity (Wildman–Crippen MR) is 554 cm³/mol. The molecular formula is C119H136N12+4. The molecule has 1 saturated carbocycles. The Morgan fingerprint density at radius 2 is 0.885 bits per heavy atom. The van der Waals surface area contributed by atoms with Gasteiger partial charge in [0, 0.05) is 84.7 Å². The van der Waals surface area contributed by atoms with Crippen molar-refractivity contribution >= 4 is 101 Å². The molecule has 0 radical (unpaired) electrons.